The van der Waals surface area contributed by atoms with Crippen LogP contribution in [0.1, 0.15) is 46.5 Å². The monoisotopic (exact) mass is 260 g/mol. The second kappa shape index (κ2) is 6.83. The van der Waals surface area contributed by atoms with Crippen LogP contribution in [-0.2, 0) is 0 Å². The first-order valence-electron chi connectivity index (χ1n) is 7.82. The van der Waals surface area contributed by atoms with Crippen molar-refractivity contribution in [1.82, 2.24) is 0 Å². The average molecular weight is 260 g/mol. The molecule has 1 N–H and O–H groups in total. The second-order valence-electron chi connectivity index (χ2n) is 5.91. The molecule has 0 spiro atoms. The molecule has 1 heterocycles. The lowest BCUT2D eigenvalue weighted by molar-refractivity contribution is 0.494. The fourth-order valence-corrected chi connectivity index (χ4v) is 2.68. The highest BCUT2D eigenvalue weighted by atomic mass is 15.1. The van der Waals surface area contributed by atoms with E-state index < -0.39 is 0 Å². The van der Waals surface area contributed by atoms with Crippen molar-refractivity contribution in [2.75, 3.05) is 23.3 Å². The topological polar surface area (TPSA) is 15.3 Å². The summed E-state index contributed by atoms with van der Waals surface area (Å²) in [5.74, 6) is 0.710. The molecule has 1 fully saturated rings. The molecule has 0 saturated carbocycles. The Hall–Kier alpha value is -1.18. The van der Waals surface area contributed by atoms with E-state index in [0.29, 0.717) is 12.0 Å². The Morgan fingerprint density at radius 3 is 2.26 bits per heavy atom. The number of hydrogen-bond donors (Lipinski definition) is 1. The number of nitrogens with one attached hydrogen (secondary N) is 1. The molecule has 0 amide bonds. The molecule has 1 aliphatic heterocycles. The van der Waals surface area contributed by atoms with Crippen LogP contribution in [0.2, 0.25) is 0 Å². The van der Waals surface area contributed by atoms with Crippen LogP contribution in [0.4, 0.5) is 11.4 Å². The van der Waals surface area contributed by atoms with Gasteiger partial charge in [-0.2, -0.15) is 0 Å². The van der Waals surface area contributed by atoms with Crippen LogP contribution in [0.3, 0.4) is 0 Å². The molecule has 1 aromatic carbocycles. The van der Waals surface area contributed by atoms with Gasteiger partial charge in [0.15, 0.2) is 0 Å². The molecule has 0 aromatic heterocycles. The van der Waals surface area contributed by atoms with Crippen molar-refractivity contribution >= 4 is 11.4 Å². The van der Waals surface area contributed by atoms with Crippen LogP contribution in [0, 0.1) is 5.92 Å². The quantitative estimate of drug-likeness (QED) is 0.837. The lowest BCUT2D eigenvalue weighted by Crippen LogP contribution is -2.29. The van der Waals surface area contributed by atoms with Crippen molar-refractivity contribution in [2.45, 2.75) is 52.5 Å². The van der Waals surface area contributed by atoms with Crippen LogP contribution in [0.15, 0.2) is 24.3 Å². The Labute approximate surface area is 118 Å². The SMILES string of the molecule is CCC(C)C(C)Nc1ccc(N2CCCCC2)cc1. The molecule has 19 heavy (non-hydrogen) atoms. The van der Waals surface area contributed by atoms with E-state index in [2.05, 4.69) is 55.3 Å². The minimum atomic E-state index is 0.533. The standard InChI is InChI=1S/C17H28N2/c1-4-14(2)15(3)18-16-8-10-17(11-9-16)19-12-6-5-7-13-19/h8-11,14-15,18H,4-7,12-13H2,1-3H3. The Morgan fingerprint density at radius 1 is 1.05 bits per heavy atom. The predicted molar refractivity (Wildman–Crippen MR) is 85.0 cm³/mol. The van der Waals surface area contributed by atoms with Gasteiger partial charge in [0.25, 0.3) is 0 Å². The van der Waals surface area contributed by atoms with Crippen LogP contribution in [0.5, 0.6) is 0 Å². The van der Waals surface area contributed by atoms with E-state index in [1.54, 1.807) is 0 Å². The van der Waals surface area contributed by atoms with E-state index in [0.717, 1.165) is 0 Å². The third-order valence-electron chi connectivity index (χ3n) is 4.48. The van der Waals surface area contributed by atoms with Gasteiger partial charge in [0.2, 0.25) is 0 Å². The van der Waals surface area contributed by atoms with Crippen LogP contribution < -0.4 is 10.2 Å². The van der Waals surface area contributed by atoms with E-state index >= 15 is 0 Å². The van der Waals surface area contributed by atoms with Crippen molar-refractivity contribution in [3.63, 3.8) is 0 Å². The molecule has 2 unspecified atom stereocenters. The summed E-state index contributed by atoms with van der Waals surface area (Å²) >= 11 is 0. The molecule has 1 aliphatic rings. The number of hydrogen-bond acceptors (Lipinski definition) is 2. The van der Waals surface area contributed by atoms with Crippen molar-refractivity contribution in [3.8, 4) is 0 Å². The van der Waals surface area contributed by atoms with Crippen LogP contribution in [-0.4, -0.2) is 19.1 Å². The smallest absolute Gasteiger partial charge is 0.0367 e. The maximum absolute atomic E-state index is 3.60. The normalized spacial score (nSPS) is 19.0. The first-order valence-corrected chi connectivity index (χ1v) is 7.82. The molecule has 1 aromatic rings. The van der Waals surface area contributed by atoms with E-state index in [4.69, 9.17) is 0 Å². The predicted octanol–water partition coefficient (Wildman–Crippen LogP) is 4.52. The van der Waals surface area contributed by atoms with Gasteiger partial charge in [0.05, 0.1) is 0 Å². The number of benzene rings is 1. The average Bonchev–Trinajstić information content (AvgIpc) is 2.48. The highest BCUT2D eigenvalue weighted by Crippen LogP contribution is 2.23. The minimum absolute atomic E-state index is 0.533. The van der Waals surface area contributed by atoms with E-state index in [-0.39, 0.29) is 0 Å². The van der Waals surface area contributed by atoms with E-state index in [1.165, 1.54) is 50.1 Å². The molecule has 0 aliphatic carbocycles. The fraction of sp³-hybridized carbons (Fsp3) is 0.647. The Morgan fingerprint density at radius 2 is 1.68 bits per heavy atom. The third-order valence-corrected chi connectivity index (χ3v) is 4.48. The Balaban J connectivity index is 1.94. The van der Waals surface area contributed by atoms with Crippen molar-refractivity contribution in [3.05, 3.63) is 24.3 Å². The van der Waals surface area contributed by atoms with Gasteiger partial charge in [0, 0.05) is 30.5 Å². The number of piperidine rings is 1. The molecule has 0 bridgehead atoms. The summed E-state index contributed by atoms with van der Waals surface area (Å²) in [5.41, 5.74) is 2.62. The summed E-state index contributed by atoms with van der Waals surface area (Å²) in [6.07, 6.45) is 5.29. The fourth-order valence-electron chi connectivity index (χ4n) is 2.68. The van der Waals surface area contributed by atoms with Crippen molar-refractivity contribution < 1.29 is 0 Å². The second-order valence-corrected chi connectivity index (χ2v) is 5.91. The summed E-state index contributed by atoms with van der Waals surface area (Å²) in [6.45, 7) is 9.26. The maximum Gasteiger partial charge on any atom is 0.0367 e. The van der Waals surface area contributed by atoms with Gasteiger partial charge < -0.3 is 10.2 Å². The Bertz CT molecular complexity index is 365. The molecule has 2 nitrogen and oxygen atoms in total. The molecular formula is C17H28N2. The molecule has 2 atom stereocenters. The first kappa shape index (κ1) is 14.2. The van der Waals surface area contributed by atoms with Crippen molar-refractivity contribution in [1.29, 1.82) is 0 Å². The van der Waals surface area contributed by atoms with Crippen molar-refractivity contribution in [2.24, 2.45) is 5.92 Å². The van der Waals surface area contributed by atoms with Gasteiger partial charge in [-0.05, 0) is 56.4 Å². The first-order chi connectivity index (χ1) is 9.20. The zero-order valence-electron chi connectivity index (χ0n) is 12.7. The van der Waals surface area contributed by atoms with Gasteiger partial charge in [0.1, 0.15) is 0 Å². The molecule has 1 saturated heterocycles. The molecular weight excluding hydrogens is 232 g/mol. The summed E-state index contributed by atoms with van der Waals surface area (Å²) in [6, 6.07) is 9.51. The number of rotatable bonds is 5. The maximum atomic E-state index is 3.60. The zero-order chi connectivity index (χ0) is 13.7. The van der Waals surface area contributed by atoms with Crippen LogP contribution >= 0.6 is 0 Å². The lowest BCUT2D eigenvalue weighted by atomic mass is 10.0. The van der Waals surface area contributed by atoms with Gasteiger partial charge >= 0.3 is 0 Å². The van der Waals surface area contributed by atoms with Crippen LogP contribution in [0.25, 0.3) is 0 Å². The lowest BCUT2D eigenvalue weighted by Gasteiger charge is -2.29. The summed E-state index contributed by atoms with van der Waals surface area (Å²) < 4.78 is 0. The number of anilines is 2. The highest BCUT2D eigenvalue weighted by molar-refractivity contribution is 5.55. The summed E-state index contributed by atoms with van der Waals surface area (Å²) in [7, 11) is 0. The van der Waals surface area contributed by atoms with Gasteiger partial charge in [-0.25, -0.2) is 0 Å². The highest BCUT2D eigenvalue weighted by Gasteiger charge is 2.12. The van der Waals surface area contributed by atoms with Gasteiger partial charge in [-0.15, -0.1) is 0 Å². The molecule has 2 rings (SSSR count). The third kappa shape index (κ3) is 3.89. The summed E-state index contributed by atoms with van der Waals surface area (Å²) in [5, 5.41) is 3.60. The van der Waals surface area contributed by atoms with Gasteiger partial charge in [-0.3, -0.25) is 0 Å². The van der Waals surface area contributed by atoms with E-state index in [1.807, 2.05) is 0 Å². The zero-order valence-corrected chi connectivity index (χ0v) is 12.7. The minimum Gasteiger partial charge on any atom is -0.382 e. The Kier molecular flexibility index (Phi) is 5.12. The van der Waals surface area contributed by atoms with E-state index in [9.17, 15) is 0 Å². The summed E-state index contributed by atoms with van der Waals surface area (Å²) in [4.78, 5) is 2.51. The largest absolute Gasteiger partial charge is 0.382 e. The van der Waals surface area contributed by atoms with Gasteiger partial charge in [-0.1, -0.05) is 20.3 Å². The molecule has 2 heteroatoms. The molecule has 106 valence electrons. The number of nitrogens with zero attached hydrogens (tertiary/aromatic N) is 1. The molecule has 0 radical (unpaired) electrons.